The van der Waals surface area contributed by atoms with Crippen molar-refractivity contribution in [3.63, 3.8) is 0 Å². The Labute approximate surface area is 108 Å². The average Bonchev–Trinajstić information content (AvgIpc) is 2.31. The molecule has 0 aromatic carbocycles. The number of carbonyl (C=O) groups is 2. The Kier molecular flexibility index (Phi) is 44.0. The monoisotopic (exact) mass is 296 g/mol. The molecule has 0 saturated carbocycles. The van der Waals surface area contributed by atoms with Gasteiger partial charge in [0.05, 0.1) is 24.7 Å². The molecule has 0 atom stereocenters. The largest absolute Gasteiger partial charge is 0.481 e. The molecule has 0 aliphatic heterocycles. The number of thiol groups is 2. The molecule has 0 rings (SSSR count). The van der Waals surface area contributed by atoms with Crippen LogP contribution in [-0.4, -0.2) is 67.6 Å². The molecule has 0 heterocycles. The van der Waals surface area contributed by atoms with Gasteiger partial charge >= 0.3 is 11.9 Å². The van der Waals surface area contributed by atoms with Gasteiger partial charge in [-0.05, 0) is 0 Å². The van der Waals surface area contributed by atoms with E-state index in [9.17, 15) is 9.59 Å². The van der Waals surface area contributed by atoms with Gasteiger partial charge in [-0.25, -0.2) is 10.5 Å². The summed E-state index contributed by atoms with van der Waals surface area (Å²) in [7, 11) is 0. The zero-order chi connectivity index (χ0) is 14.7. The standard InChI is InChI=1S/2C2H4O2S.C2H6O2.H2O3/c2*3-2(4)1-5;3-1-2-4;1-3-2/h2*5H,1H2,(H,3,4);3-4H,1-2H2;1-2H. The fraction of sp³-hybridized carbons (Fsp3) is 0.667. The molecular weight excluding hydrogens is 280 g/mol. The van der Waals surface area contributed by atoms with Crippen LogP contribution in [0.4, 0.5) is 0 Å². The number of aliphatic carboxylic acids is 2. The molecule has 17 heavy (non-hydrogen) atoms. The van der Waals surface area contributed by atoms with Crippen LogP contribution in [-0.2, 0) is 14.6 Å². The van der Waals surface area contributed by atoms with Gasteiger partial charge in [-0.1, -0.05) is 5.04 Å². The fourth-order valence-corrected chi connectivity index (χ4v) is 0. The molecule has 0 fully saturated rings. The van der Waals surface area contributed by atoms with Crippen LogP contribution in [0.1, 0.15) is 0 Å². The molecule has 0 aromatic heterocycles. The van der Waals surface area contributed by atoms with Gasteiger partial charge in [0, 0.05) is 0 Å². The minimum absolute atomic E-state index is 0.0833. The highest BCUT2D eigenvalue weighted by atomic mass is 32.1. The van der Waals surface area contributed by atoms with E-state index in [0.717, 1.165) is 0 Å². The fourth-order valence-electron chi connectivity index (χ4n) is 0. The average molecular weight is 296 g/mol. The Morgan fingerprint density at radius 1 is 0.882 bits per heavy atom. The number of aliphatic hydroxyl groups excluding tert-OH is 2. The summed E-state index contributed by atoms with van der Waals surface area (Å²) in [5.41, 5.74) is 0. The molecule has 0 aliphatic carbocycles. The van der Waals surface area contributed by atoms with Crippen molar-refractivity contribution in [3.8, 4) is 0 Å². The van der Waals surface area contributed by atoms with Crippen LogP contribution in [0.3, 0.4) is 0 Å². The van der Waals surface area contributed by atoms with E-state index >= 15 is 0 Å². The summed E-state index contributed by atoms with van der Waals surface area (Å²) in [6, 6.07) is 0. The molecule has 6 N–H and O–H groups in total. The van der Waals surface area contributed by atoms with Crippen molar-refractivity contribution in [1.29, 1.82) is 0 Å². The molecule has 0 saturated heterocycles. The Bertz CT molecular complexity index is 138. The number of aliphatic hydroxyl groups is 2. The third kappa shape index (κ3) is 141. The smallest absolute Gasteiger partial charge is 0.313 e. The summed E-state index contributed by atoms with van der Waals surface area (Å²) in [5, 5.41) is 46.0. The molecule has 0 aromatic rings. The normalized spacial score (nSPS) is 7.18. The van der Waals surface area contributed by atoms with Crippen molar-refractivity contribution in [3.05, 3.63) is 0 Å². The molecule has 0 spiro atoms. The van der Waals surface area contributed by atoms with Gasteiger partial charge in [0.1, 0.15) is 0 Å². The third-order valence-electron chi connectivity index (χ3n) is 0.371. The van der Waals surface area contributed by atoms with E-state index in [1.54, 1.807) is 0 Å². The molecule has 106 valence electrons. The number of carboxylic acid groups (broad SMARTS) is 2. The Morgan fingerprint density at radius 3 is 1.00 bits per heavy atom. The first-order valence-corrected chi connectivity index (χ1v) is 4.96. The van der Waals surface area contributed by atoms with Crippen molar-refractivity contribution >= 4 is 37.2 Å². The molecular formula is C6H16O9S2. The van der Waals surface area contributed by atoms with Gasteiger partial charge in [-0.3, -0.25) is 9.59 Å². The summed E-state index contributed by atoms with van der Waals surface area (Å²) >= 11 is 6.83. The van der Waals surface area contributed by atoms with E-state index in [1.807, 2.05) is 0 Å². The molecule has 0 unspecified atom stereocenters. The zero-order valence-electron chi connectivity index (χ0n) is 8.63. The van der Waals surface area contributed by atoms with E-state index in [1.165, 1.54) is 0 Å². The number of rotatable bonds is 3. The lowest BCUT2D eigenvalue weighted by atomic mass is 10.8. The van der Waals surface area contributed by atoms with Crippen LogP contribution < -0.4 is 0 Å². The van der Waals surface area contributed by atoms with Gasteiger partial charge in [0.25, 0.3) is 0 Å². The lowest BCUT2D eigenvalue weighted by Crippen LogP contribution is -1.92. The van der Waals surface area contributed by atoms with E-state index in [2.05, 4.69) is 30.3 Å². The first-order chi connectivity index (χ1) is 7.87. The molecule has 9 nitrogen and oxygen atoms in total. The van der Waals surface area contributed by atoms with E-state index in [0.29, 0.717) is 0 Å². The van der Waals surface area contributed by atoms with Crippen molar-refractivity contribution in [1.82, 2.24) is 0 Å². The Balaban J connectivity index is -0.0000000676. The van der Waals surface area contributed by atoms with Gasteiger partial charge in [0.15, 0.2) is 0 Å². The highest BCUT2D eigenvalue weighted by Gasteiger charge is 1.82. The van der Waals surface area contributed by atoms with Crippen molar-refractivity contribution in [2.24, 2.45) is 0 Å². The summed E-state index contributed by atoms with van der Waals surface area (Å²) in [6.45, 7) is -0.250. The zero-order valence-corrected chi connectivity index (χ0v) is 10.4. The predicted molar refractivity (Wildman–Crippen MR) is 63.5 cm³/mol. The van der Waals surface area contributed by atoms with Crippen LogP contribution >= 0.6 is 25.3 Å². The van der Waals surface area contributed by atoms with Crippen LogP contribution in [0.2, 0.25) is 0 Å². The molecule has 0 amide bonds. The van der Waals surface area contributed by atoms with Crippen LogP contribution in [0.15, 0.2) is 0 Å². The van der Waals surface area contributed by atoms with Gasteiger partial charge in [0.2, 0.25) is 0 Å². The Morgan fingerprint density at radius 2 is 1.00 bits per heavy atom. The first-order valence-electron chi connectivity index (χ1n) is 3.69. The number of hydrogen-bond donors (Lipinski definition) is 8. The first kappa shape index (κ1) is 25.3. The maximum atomic E-state index is 9.29. The van der Waals surface area contributed by atoms with Crippen LogP contribution in [0, 0.1) is 0 Å². The predicted octanol–water partition coefficient (Wildman–Crippen LogP) is -1.08. The van der Waals surface area contributed by atoms with Crippen molar-refractivity contribution in [2.45, 2.75) is 0 Å². The quantitative estimate of drug-likeness (QED) is 0.184. The maximum Gasteiger partial charge on any atom is 0.313 e. The summed E-state index contributed by atoms with van der Waals surface area (Å²) in [4.78, 5) is 18.6. The third-order valence-corrected chi connectivity index (χ3v) is 0.912. The van der Waals surface area contributed by atoms with E-state index in [-0.39, 0.29) is 24.7 Å². The van der Waals surface area contributed by atoms with Crippen LogP contribution in [0.25, 0.3) is 0 Å². The molecule has 0 aliphatic rings. The molecule has 0 bridgehead atoms. The van der Waals surface area contributed by atoms with Crippen LogP contribution in [0.5, 0.6) is 0 Å². The lowest BCUT2D eigenvalue weighted by Gasteiger charge is -1.71. The Hall–Kier alpha value is -0.560. The molecule has 11 heteroatoms. The van der Waals surface area contributed by atoms with E-state index in [4.69, 9.17) is 30.9 Å². The van der Waals surface area contributed by atoms with Crippen molar-refractivity contribution < 1.29 is 45.6 Å². The topological polar surface area (TPSA) is 165 Å². The second-order valence-electron chi connectivity index (χ2n) is 1.63. The summed E-state index contributed by atoms with van der Waals surface area (Å²) in [5.74, 6) is -1.93. The summed E-state index contributed by atoms with van der Waals surface area (Å²) in [6.07, 6.45) is 0. The second kappa shape index (κ2) is 29.5. The minimum atomic E-state index is -0.881. The van der Waals surface area contributed by atoms with Gasteiger partial charge in [-0.15, -0.1) is 0 Å². The SMILES string of the molecule is O=C(O)CS.O=C(O)CS.OCCO.OOO. The van der Waals surface area contributed by atoms with Gasteiger partial charge < -0.3 is 20.4 Å². The number of hydrogen-bond acceptors (Lipinski definition) is 9. The highest BCUT2D eigenvalue weighted by molar-refractivity contribution is 7.81. The highest BCUT2D eigenvalue weighted by Crippen LogP contribution is 1.66. The van der Waals surface area contributed by atoms with E-state index < -0.39 is 11.9 Å². The molecule has 0 radical (unpaired) electrons. The summed E-state index contributed by atoms with van der Waals surface area (Å²) < 4.78 is 0. The van der Waals surface area contributed by atoms with Gasteiger partial charge in [-0.2, -0.15) is 25.3 Å². The number of carboxylic acids is 2. The maximum absolute atomic E-state index is 9.29. The lowest BCUT2D eigenvalue weighted by molar-refractivity contribution is -0.465. The minimum Gasteiger partial charge on any atom is -0.481 e. The second-order valence-corrected chi connectivity index (χ2v) is 2.27. The van der Waals surface area contributed by atoms with Crippen molar-refractivity contribution in [2.75, 3.05) is 24.7 Å².